The van der Waals surface area contributed by atoms with Crippen LogP contribution in [0, 0.1) is 5.82 Å². The molecule has 0 radical (unpaired) electrons. The van der Waals surface area contributed by atoms with E-state index in [9.17, 15) is 9.18 Å². The van der Waals surface area contributed by atoms with Crippen LogP contribution in [0.1, 0.15) is 31.2 Å². The van der Waals surface area contributed by atoms with Crippen molar-refractivity contribution in [2.45, 2.75) is 38.3 Å². The van der Waals surface area contributed by atoms with Crippen molar-refractivity contribution in [3.63, 3.8) is 0 Å². The topological polar surface area (TPSA) is 50.8 Å². The van der Waals surface area contributed by atoms with Gasteiger partial charge < -0.3 is 14.8 Å². The molecule has 142 valence electrons. The Labute approximate surface area is 158 Å². The van der Waals surface area contributed by atoms with Gasteiger partial charge in [-0.25, -0.2) is 4.39 Å². The molecule has 5 nitrogen and oxygen atoms in total. The lowest BCUT2D eigenvalue weighted by atomic mass is 10.1. The highest BCUT2D eigenvalue weighted by atomic mass is 19.1. The van der Waals surface area contributed by atoms with Crippen LogP contribution in [0.25, 0.3) is 0 Å². The molecule has 1 fully saturated rings. The zero-order valence-corrected chi connectivity index (χ0v) is 15.1. The Balaban J connectivity index is 1.46. The zero-order valence-electron chi connectivity index (χ0n) is 15.1. The molecule has 27 heavy (non-hydrogen) atoms. The van der Waals surface area contributed by atoms with Crippen molar-refractivity contribution in [1.29, 1.82) is 0 Å². The number of benzene rings is 2. The minimum absolute atomic E-state index is 0.201. The number of halogens is 1. The number of anilines is 1. The Kier molecular flexibility index (Phi) is 5.25. The number of ether oxygens (including phenoxy) is 2. The summed E-state index contributed by atoms with van der Waals surface area (Å²) in [6.45, 7) is 1.12. The van der Waals surface area contributed by atoms with E-state index >= 15 is 0 Å². The van der Waals surface area contributed by atoms with Gasteiger partial charge in [-0.15, -0.1) is 0 Å². The van der Waals surface area contributed by atoms with Crippen molar-refractivity contribution < 1.29 is 18.7 Å². The summed E-state index contributed by atoms with van der Waals surface area (Å²) in [5.74, 6) is 0.875. The highest BCUT2D eigenvalue weighted by molar-refractivity contribution is 5.92. The van der Waals surface area contributed by atoms with Gasteiger partial charge in [0.2, 0.25) is 12.7 Å². The fourth-order valence-corrected chi connectivity index (χ4v) is 3.79. The predicted octanol–water partition coefficient (Wildman–Crippen LogP) is 3.94. The van der Waals surface area contributed by atoms with Crippen molar-refractivity contribution in [2.75, 3.05) is 18.7 Å². The van der Waals surface area contributed by atoms with E-state index in [4.69, 9.17) is 9.47 Å². The molecular weight excluding hydrogens is 347 g/mol. The fourth-order valence-electron chi connectivity index (χ4n) is 3.79. The van der Waals surface area contributed by atoms with Crippen molar-refractivity contribution in [3.8, 4) is 11.5 Å². The van der Waals surface area contributed by atoms with Crippen LogP contribution in [-0.4, -0.2) is 30.2 Å². The number of amides is 1. The molecule has 0 unspecified atom stereocenters. The molecule has 1 amide bonds. The summed E-state index contributed by atoms with van der Waals surface area (Å²) in [7, 11) is 0. The highest BCUT2D eigenvalue weighted by Gasteiger charge is 2.25. The van der Waals surface area contributed by atoms with E-state index in [2.05, 4.69) is 10.2 Å². The molecule has 1 aliphatic heterocycles. The van der Waals surface area contributed by atoms with E-state index in [1.165, 1.54) is 18.9 Å². The van der Waals surface area contributed by atoms with Crippen molar-refractivity contribution in [3.05, 3.63) is 53.8 Å². The molecule has 1 saturated carbocycles. The summed E-state index contributed by atoms with van der Waals surface area (Å²) in [6.07, 6.45) is 4.52. The SMILES string of the molecule is O=C(CN(Cc1ccc2c(c1)OCO2)C1CCCC1)Nc1ccccc1F. The molecule has 1 heterocycles. The Morgan fingerprint density at radius 1 is 1.11 bits per heavy atom. The van der Waals surface area contributed by atoms with Gasteiger partial charge in [0.1, 0.15) is 5.82 Å². The van der Waals surface area contributed by atoms with Crippen LogP contribution in [0.5, 0.6) is 11.5 Å². The van der Waals surface area contributed by atoms with Gasteiger partial charge in [-0.3, -0.25) is 9.69 Å². The van der Waals surface area contributed by atoms with Gasteiger partial charge in [-0.1, -0.05) is 31.0 Å². The van der Waals surface area contributed by atoms with E-state index in [0.29, 0.717) is 12.6 Å². The molecule has 6 heteroatoms. The van der Waals surface area contributed by atoms with E-state index < -0.39 is 5.82 Å². The standard InChI is InChI=1S/C21H23FN2O3/c22-17-7-3-4-8-18(17)23-21(25)13-24(16-5-1-2-6-16)12-15-9-10-19-20(11-15)27-14-26-19/h3-4,7-11,16H,1-2,5-6,12-14H2,(H,23,25). The molecular formula is C21H23FN2O3. The predicted molar refractivity (Wildman–Crippen MR) is 100 cm³/mol. The minimum atomic E-state index is -0.422. The number of para-hydroxylation sites is 1. The van der Waals surface area contributed by atoms with E-state index in [0.717, 1.165) is 29.9 Å². The van der Waals surface area contributed by atoms with Gasteiger partial charge in [0.15, 0.2) is 11.5 Å². The van der Waals surface area contributed by atoms with Crippen molar-refractivity contribution >= 4 is 11.6 Å². The van der Waals surface area contributed by atoms with Gasteiger partial charge in [-0.05, 0) is 42.7 Å². The highest BCUT2D eigenvalue weighted by Crippen LogP contribution is 2.33. The third-order valence-electron chi connectivity index (χ3n) is 5.16. The van der Waals surface area contributed by atoms with Crippen LogP contribution < -0.4 is 14.8 Å². The van der Waals surface area contributed by atoms with E-state index in [1.807, 2.05) is 18.2 Å². The second-order valence-electron chi connectivity index (χ2n) is 7.06. The number of carbonyl (C=O) groups is 1. The van der Waals surface area contributed by atoms with Gasteiger partial charge in [0.05, 0.1) is 12.2 Å². The smallest absolute Gasteiger partial charge is 0.238 e. The number of hydrogen-bond donors (Lipinski definition) is 1. The molecule has 0 atom stereocenters. The molecule has 1 aliphatic carbocycles. The van der Waals surface area contributed by atoms with Crippen LogP contribution in [0.4, 0.5) is 10.1 Å². The maximum absolute atomic E-state index is 13.8. The van der Waals surface area contributed by atoms with Crippen LogP contribution in [0.15, 0.2) is 42.5 Å². The van der Waals surface area contributed by atoms with Gasteiger partial charge >= 0.3 is 0 Å². The summed E-state index contributed by atoms with van der Waals surface area (Å²) >= 11 is 0. The first-order valence-electron chi connectivity index (χ1n) is 9.36. The average Bonchev–Trinajstić information content (AvgIpc) is 3.34. The largest absolute Gasteiger partial charge is 0.454 e. The molecule has 0 bridgehead atoms. The lowest BCUT2D eigenvalue weighted by molar-refractivity contribution is -0.118. The number of hydrogen-bond acceptors (Lipinski definition) is 4. The number of nitrogens with one attached hydrogen (secondary N) is 1. The summed E-state index contributed by atoms with van der Waals surface area (Å²) < 4.78 is 24.6. The zero-order chi connectivity index (χ0) is 18.6. The van der Waals surface area contributed by atoms with Crippen LogP contribution in [-0.2, 0) is 11.3 Å². The molecule has 0 saturated heterocycles. The van der Waals surface area contributed by atoms with Crippen LogP contribution >= 0.6 is 0 Å². The second-order valence-corrected chi connectivity index (χ2v) is 7.06. The summed E-state index contributed by atoms with van der Waals surface area (Å²) in [6, 6.07) is 12.5. The number of carbonyl (C=O) groups excluding carboxylic acids is 1. The minimum Gasteiger partial charge on any atom is -0.454 e. The van der Waals surface area contributed by atoms with Crippen molar-refractivity contribution in [1.82, 2.24) is 4.90 Å². The summed E-state index contributed by atoms with van der Waals surface area (Å²) in [5.41, 5.74) is 1.29. The lowest BCUT2D eigenvalue weighted by Gasteiger charge is -2.28. The number of fused-ring (bicyclic) bond motifs is 1. The molecule has 2 aliphatic rings. The summed E-state index contributed by atoms with van der Waals surface area (Å²) in [5, 5.41) is 2.69. The first-order chi connectivity index (χ1) is 13.2. The van der Waals surface area contributed by atoms with Crippen molar-refractivity contribution in [2.24, 2.45) is 0 Å². The fraction of sp³-hybridized carbons (Fsp3) is 0.381. The van der Waals surface area contributed by atoms with Gasteiger partial charge in [-0.2, -0.15) is 0 Å². The monoisotopic (exact) mass is 370 g/mol. The first kappa shape index (κ1) is 17.8. The van der Waals surface area contributed by atoms with E-state index in [1.54, 1.807) is 18.2 Å². The maximum Gasteiger partial charge on any atom is 0.238 e. The molecule has 2 aromatic carbocycles. The van der Waals surface area contributed by atoms with Gasteiger partial charge in [0.25, 0.3) is 0 Å². The molecule has 4 rings (SSSR count). The molecule has 0 spiro atoms. The maximum atomic E-state index is 13.8. The van der Waals surface area contributed by atoms with Gasteiger partial charge in [0, 0.05) is 12.6 Å². The molecule has 2 aromatic rings. The quantitative estimate of drug-likeness (QED) is 0.837. The third kappa shape index (κ3) is 4.22. The summed E-state index contributed by atoms with van der Waals surface area (Å²) in [4.78, 5) is 14.7. The lowest BCUT2D eigenvalue weighted by Crippen LogP contribution is -2.39. The van der Waals surface area contributed by atoms with Crippen LogP contribution in [0.2, 0.25) is 0 Å². The Bertz CT molecular complexity index is 821. The Hall–Kier alpha value is -2.60. The molecule has 0 aromatic heterocycles. The first-order valence-corrected chi connectivity index (χ1v) is 9.36. The second kappa shape index (κ2) is 7.96. The number of nitrogens with zero attached hydrogens (tertiary/aromatic N) is 1. The van der Waals surface area contributed by atoms with E-state index in [-0.39, 0.29) is 24.9 Å². The Morgan fingerprint density at radius 3 is 2.70 bits per heavy atom. The number of rotatable bonds is 6. The molecule has 1 N–H and O–H groups in total. The normalized spacial score (nSPS) is 16.1. The van der Waals surface area contributed by atoms with Crippen LogP contribution in [0.3, 0.4) is 0 Å². The third-order valence-corrected chi connectivity index (χ3v) is 5.16. The Morgan fingerprint density at radius 2 is 1.89 bits per heavy atom. The average molecular weight is 370 g/mol.